The summed E-state index contributed by atoms with van der Waals surface area (Å²) in [6, 6.07) is 14.5. The fourth-order valence-electron chi connectivity index (χ4n) is 4.19. The van der Waals surface area contributed by atoms with Gasteiger partial charge in [0, 0.05) is 11.0 Å². The Morgan fingerprint density at radius 3 is 2.43 bits per heavy atom. The van der Waals surface area contributed by atoms with E-state index in [2.05, 4.69) is 34.7 Å². The second-order valence-electron chi connectivity index (χ2n) is 7.50. The lowest BCUT2D eigenvalue weighted by atomic mass is 9.98. The van der Waals surface area contributed by atoms with Crippen LogP contribution in [0.15, 0.2) is 62.2 Å². The Kier molecular flexibility index (Phi) is 6.06. The summed E-state index contributed by atoms with van der Waals surface area (Å²) < 4.78 is 6.92. The molecule has 0 N–H and O–H groups in total. The van der Waals surface area contributed by atoms with Crippen molar-refractivity contribution in [2.24, 2.45) is 0 Å². The van der Waals surface area contributed by atoms with Gasteiger partial charge in [0.1, 0.15) is 5.58 Å². The number of carbonyl (C=O) groups excluding carboxylic acids is 1. The Morgan fingerprint density at radius 2 is 1.73 bits per heavy atom. The molecule has 0 radical (unpaired) electrons. The van der Waals surface area contributed by atoms with Gasteiger partial charge in [-0.2, -0.15) is 0 Å². The van der Waals surface area contributed by atoms with E-state index in [0.29, 0.717) is 23.1 Å². The van der Waals surface area contributed by atoms with E-state index in [-0.39, 0.29) is 17.1 Å². The van der Waals surface area contributed by atoms with Crippen LogP contribution in [0.1, 0.15) is 48.0 Å². The second-order valence-corrected chi connectivity index (χ2v) is 8.42. The third kappa shape index (κ3) is 3.70. The molecule has 156 valence electrons. The largest absolute Gasteiger partial charge is 0.450 e. The van der Waals surface area contributed by atoms with E-state index in [1.54, 1.807) is 17.0 Å². The van der Waals surface area contributed by atoms with Crippen molar-refractivity contribution in [2.75, 3.05) is 26.2 Å². The van der Waals surface area contributed by atoms with Crippen molar-refractivity contribution in [3.05, 3.63) is 80.1 Å². The number of benzene rings is 2. The van der Waals surface area contributed by atoms with E-state index in [1.807, 2.05) is 36.4 Å². The number of fused-ring (bicyclic) bond motifs is 2. The van der Waals surface area contributed by atoms with Crippen LogP contribution in [0.3, 0.4) is 0 Å². The van der Waals surface area contributed by atoms with Gasteiger partial charge in [-0.1, -0.05) is 54.0 Å². The molecule has 0 saturated heterocycles. The van der Waals surface area contributed by atoms with Crippen molar-refractivity contribution in [2.45, 2.75) is 26.3 Å². The summed E-state index contributed by atoms with van der Waals surface area (Å²) in [4.78, 5) is 30.8. The summed E-state index contributed by atoms with van der Waals surface area (Å²) in [6.45, 7) is 7.70. The Morgan fingerprint density at radius 1 is 1.03 bits per heavy atom. The lowest BCUT2D eigenvalue weighted by Gasteiger charge is -2.26. The van der Waals surface area contributed by atoms with Gasteiger partial charge in [-0.25, -0.2) is 0 Å². The molecule has 0 aliphatic carbocycles. The summed E-state index contributed by atoms with van der Waals surface area (Å²) in [5, 5.41) is 0.510. The normalized spacial score (nSPS) is 15.9. The monoisotopic (exact) mass is 468 g/mol. The van der Waals surface area contributed by atoms with Crippen LogP contribution in [0.5, 0.6) is 0 Å². The number of rotatable bonds is 7. The minimum atomic E-state index is -0.432. The lowest BCUT2D eigenvalue weighted by molar-refractivity contribution is 0.0720. The van der Waals surface area contributed by atoms with Gasteiger partial charge in [0.25, 0.3) is 5.91 Å². The molecule has 2 heterocycles. The van der Waals surface area contributed by atoms with Gasteiger partial charge in [0.2, 0.25) is 5.76 Å². The number of hydrogen-bond donors (Lipinski definition) is 0. The number of para-hydroxylation sites is 1. The summed E-state index contributed by atoms with van der Waals surface area (Å²) in [5.74, 6) is -0.0326. The molecule has 1 aromatic heterocycles. The first-order valence-corrected chi connectivity index (χ1v) is 11.2. The number of halogens is 1. The van der Waals surface area contributed by atoms with Crippen molar-refractivity contribution in [3.63, 3.8) is 0 Å². The van der Waals surface area contributed by atoms with Gasteiger partial charge in [-0.05, 0) is 55.9 Å². The zero-order valence-corrected chi connectivity index (χ0v) is 18.8. The molecule has 0 fully saturated rings. The maximum Gasteiger partial charge on any atom is 0.290 e. The number of hydrogen-bond acceptors (Lipinski definition) is 4. The van der Waals surface area contributed by atoms with Crippen LogP contribution in [0.2, 0.25) is 0 Å². The van der Waals surface area contributed by atoms with Crippen molar-refractivity contribution >= 4 is 32.8 Å². The summed E-state index contributed by atoms with van der Waals surface area (Å²) in [5.41, 5.74) is 1.69. The molecule has 0 unspecified atom stereocenters. The first kappa shape index (κ1) is 20.8. The molecular weight excluding hydrogens is 444 g/mol. The Hall–Kier alpha value is -2.44. The molecule has 2 aromatic carbocycles. The summed E-state index contributed by atoms with van der Waals surface area (Å²) in [6.07, 6.45) is 0.835. The van der Waals surface area contributed by atoms with E-state index in [1.165, 1.54) is 0 Å². The van der Waals surface area contributed by atoms with Crippen LogP contribution in [-0.2, 0) is 0 Å². The van der Waals surface area contributed by atoms with Crippen LogP contribution < -0.4 is 5.43 Å². The maximum atomic E-state index is 13.4. The van der Waals surface area contributed by atoms with E-state index < -0.39 is 6.04 Å². The zero-order chi connectivity index (χ0) is 21.3. The average molecular weight is 469 g/mol. The minimum Gasteiger partial charge on any atom is -0.450 e. The van der Waals surface area contributed by atoms with Crippen molar-refractivity contribution in [1.82, 2.24) is 9.80 Å². The van der Waals surface area contributed by atoms with Crippen molar-refractivity contribution < 1.29 is 9.21 Å². The van der Waals surface area contributed by atoms with Gasteiger partial charge >= 0.3 is 0 Å². The SMILES string of the molecule is CCN(CC)CCCN1C(=O)c2oc3ccccc3c(=O)c2[C@H]1c1ccc(Br)cc1. The van der Waals surface area contributed by atoms with Crippen LogP contribution in [-0.4, -0.2) is 41.9 Å². The Balaban J connectivity index is 1.78. The molecule has 1 atom stereocenters. The molecule has 4 rings (SSSR count). The van der Waals surface area contributed by atoms with Gasteiger partial charge < -0.3 is 14.2 Å². The third-order valence-corrected chi connectivity index (χ3v) is 6.36. The molecule has 30 heavy (non-hydrogen) atoms. The zero-order valence-electron chi connectivity index (χ0n) is 17.2. The first-order valence-electron chi connectivity index (χ1n) is 10.4. The fourth-order valence-corrected chi connectivity index (χ4v) is 4.46. The van der Waals surface area contributed by atoms with Crippen LogP contribution >= 0.6 is 15.9 Å². The molecule has 1 aliphatic rings. The standard InChI is InChI=1S/C24H25BrN2O3/c1-3-26(4-2)14-7-15-27-21(16-10-12-17(25)13-11-16)20-22(28)18-8-5-6-9-19(18)30-23(20)24(27)29/h5-6,8-13,21H,3-4,7,14-15H2,1-2H3/t21-/m1/s1. The molecule has 1 amide bonds. The van der Waals surface area contributed by atoms with Gasteiger partial charge in [0.05, 0.1) is 17.0 Å². The Bertz CT molecular complexity index is 1120. The van der Waals surface area contributed by atoms with Gasteiger partial charge in [-0.15, -0.1) is 0 Å². The molecular formula is C24H25BrN2O3. The van der Waals surface area contributed by atoms with E-state index in [4.69, 9.17) is 4.42 Å². The molecule has 0 bridgehead atoms. The predicted octanol–water partition coefficient (Wildman–Crippen LogP) is 4.83. The van der Waals surface area contributed by atoms with Crippen LogP contribution in [0.4, 0.5) is 0 Å². The van der Waals surface area contributed by atoms with Crippen LogP contribution in [0.25, 0.3) is 11.0 Å². The quantitative estimate of drug-likeness (QED) is 0.498. The highest BCUT2D eigenvalue weighted by Gasteiger charge is 2.42. The molecule has 3 aromatic rings. The fraction of sp³-hybridized carbons (Fsp3) is 0.333. The maximum absolute atomic E-state index is 13.4. The number of amides is 1. The van der Waals surface area contributed by atoms with E-state index >= 15 is 0 Å². The molecule has 6 heteroatoms. The van der Waals surface area contributed by atoms with Gasteiger partial charge in [0.15, 0.2) is 5.43 Å². The van der Waals surface area contributed by atoms with E-state index in [9.17, 15) is 9.59 Å². The highest BCUT2D eigenvalue weighted by molar-refractivity contribution is 9.10. The lowest BCUT2D eigenvalue weighted by Crippen LogP contribution is -2.33. The highest BCUT2D eigenvalue weighted by Crippen LogP contribution is 2.38. The van der Waals surface area contributed by atoms with Crippen molar-refractivity contribution in [1.29, 1.82) is 0 Å². The smallest absolute Gasteiger partial charge is 0.290 e. The van der Waals surface area contributed by atoms with Crippen molar-refractivity contribution in [3.8, 4) is 0 Å². The first-order chi connectivity index (χ1) is 14.5. The highest BCUT2D eigenvalue weighted by atomic mass is 79.9. The summed E-state index contributed by atoms with van der Waals surface area (Å²) >= 11 is 3.47. The van der Waals surface area contributed by atoms with E-state index in [0.717, 1.165) is 36.1 Å². The molecule has 1 aliphatic heterocycles. The summed E-state index contributed by atoms with van der Waals surface area (Å²) in [7, 11) is 0. The van der Waals surface area contributed by atoms with Gasteiger partial charge in [-0.3, -0.25) is 9.59 Å². The minimum absolute atomic E-state index is 0.126. The molecule has 0 saturated carbocycles. The number of carbonyl (C=O) groups is 1. The number of nitrogens with zero attached hydrogens (tertiary/aromatic N) is 2. The molecule has 5 nitrogen and oxygen atoms in total. The van der Waals surface area contributed by atoms with Crippen LogP contribution in [0, 0.1) is 0 Å². The topological polar surface area (TPSA) is 53.8 Å². The molecule has 0 spiro atoms. The second kappa shape index (κ2) is 8.74. The average Bonchev–Trinajstić information content (AvgIpc) is 3.04. The third-order valence-electron chi connectivity index (χ3n) is 5.83. The predicted molar refractivity (Wildman–Crippen MR) is 122 cm³/mol. The Labute approximate surface area is 184 Å².